The number of nitrogens with zero attached hydrogens (tertiary/aromatic N) is 4. The van der Waals surface area contributed by atoms with Crippen molar-refractivity contribution in [1.82, 2.24) is 19.6 Å². The summed E-state index contributed by atoms with van der Waals surface area (Å²) in [6, 6.07) is 16.8. The van der Waals surface area contributed by atoms with Crippen molar-refractivity contribution in [3.8, 4) is 5.75 Å². The van der Waals surface area contributed by atoms with Gasteiger partial charge in [-0.2, -0.15) is 5.10 Å². The van der Waals surface area contributed by atoms with Crippen molar-refractivity contribution in [2.45, 2.75) is 76.8 Å². The highest BCUT2D eigenvalue weighted by molar-refractivity contribution is 5.73. The van der Waals surface area contributed by atoms with E-state index in [2.05, 4.69) is 75.3 Å². The van der Waals surface area contributed by atoms with Crippen molar-refractivity contribution in [3.63, 3.8) is 0 Å². The van der Waals surface area contributed by atoms with Crippen LogP contribution in [0.4, 0.5) is 0 Å². The fourth-order valence-corrected chi connectivity index (χ4v) is 7.57. The van der Waals surface area contributed by atoms with Crippen LogP contribution in [0.1, 0.15) is 79.5 Å². The number of hydrogen-bond donors (Lipinski definition) is 1. The lowest BCUT2D eigenvalue weighted by Gasteiger charge is -2.35. The minimum atomic E-state index is -0.639. The average Bonchev–Trinajstić information content (AvgIpc) is 3.61. The van der Waals surface area contributed by atoms with Gasteiger partial charge in [0.15, 0.2) is 0 Å². The van der Waals surface area contributed by atoms with Gasteiger partial charge in [-0.3, -0.25) is 14.4 Å². The van der Waals surface area contributed by atoms with Crippen LogP contribution in [0.3, 0.4) is 0 Å². The minimum absolute atomic E-state index is 0.354. The summed E-state index contributed by atoms with van der Waals surface area (Å²) >= 11 is 0. The first-order chi connectivity index (χ1) is 20.9. The van der Waals surface area contributed by atoms with Crippen LogP contribution in [0, 0.1) is 18.8 Å². The molecule has 1 N–H and O–H groups in total. The van der Waals surface area contributed by atoms with E-state index in [-0.39, 0.29) is 6.04 Å². The fourth-order valence-electron chi connectivity index (χ4n) is 7.57. The largest absolute Gasteiger partial charge is 0.494 e. The molecule has 0 spiro atoms. The fraction of sp³-hybridized carbons (Fsp3) is 0.556. The minimum Gasteiger partial charge on any atom is -0.494 e. The second-order valence-corrected chi connectivity index (χ2v) is 13.2. The number of ether oxygens (including phenoxy) is 1. The molecule has 0 amide bonds. The van der Waals surface area contributed by atoms with Crippen molar-refractivity contribution < 1.29 is 14.6 Å². The summed E-state index contributed by atoms with van der Waals surface area (Å²) in [5.41, 5.74) is 5.22. The lowest BCUT2D eigenvalue weighted by molar-refractivity contribution is -0.144. The van der Waals surface area contributed by atoms with E-state index in [1.54, 1.807) is 0 Å². The molecule has 3 aromatic rings. The standard InChI is InChI=1S/C36H48N4O3/c1-3-43-33-12-10-28(11-13-33)21-40-24-31(20-37-40)29-14-16-38(17-15-29)22-32-23-39(35(36(41)42)19-27-7-5-8-27)25-34(32)30-9-4-6-26(2)18-30/h4,6,9-13,18,20,24,27,29,32,34-35H,3,5,7-8,14-17,19,21-23,25H2,1-2H3,(H,41,42). The summed E-state index contributed by atoms with van der Waals surface area (Å²) in [7, 11) is 0. The Kier molecular flexibility index (Phi) is 9.49. The van der Waals surface area contributed by atoms with Crippen molar-refractivity contribution in [2.24, 2.45) is 11.8 Å². The number of piperidine rings is 1. The first kappa shape index (κ1) is 29.9. The summed E-state index contributed by atoms with van der Waals surface area (Å²) in [4.78, 5) is 17.4. The molecular formula is C36H48N4O3. The van der Waals surface area contributed by atoms with Gasteiger partial charge in [0, 0.05) is 31.7 Å². The van der Waals surface area contributed by atoms with Gasteiger partial charge in [0.2, 0.25) is 0 Å². The van der Waals surface area contributed by atoms with Gasteiger partial charge < -0.3 is 14.7 Å². The van der Waals surface area contributed by atoms with E-state index in [9.17, 15) is 9.90 Å². The molecule has 2 aliphatic heterocycles. The highest BCUT2D eigenvalue weighted by Gasteiger charge is 2.41. The van der Waals surface area contributed by atoms with E-state index in [4.69, 9.17) is 4.74 Å². The van der Waals surface area contributed by atoms with Gasteiger partial charge in [0.05, 0.1) is 19.3 Å². The van der Waals surface area contributed by atoms with Crippen LogP contribution in [0.2, 0.25) is 0 Å². The molecule has 2 saturated heterocycles. The van der Waals surface area contributed by atoms with Gasteiger partial charge in [0.1, 0.15) is 11.8 Å². The van der Waals surface area contributed by atoms with Gasteiger partial charge in [-0.1, -0.05) is 61.2 Å². The van der Waals surface area contributed by atoms with Gasteiger partial charge in [-0.05, 0) is 92.8 Å². The van der Waals surface area contributed by atoms with Crippen LogP contribution in [-0.4, -0.2) is 76.0 Å². The van der Waals surface area contributed by atoms with Crippen molar-refractivity contribution >= 4 is 5.97 Å². The highest BCUT2D eigenvalue weighted by Crippen LogP contribution is 2.39. The van der Waals surface area contributed by atoms with Gasteiger partial charge in [-0.25, -0.2) is 0 Å². The maximum atomic E-state index is 12.4. The Labute approximate surface area is 256 Å². The number of rotatable bonds is 12. The zero-order chi connectivity index (χ0) is 29.8. The zero-order valence-corrected chi connectivity index (χ0v) is 25.9. The highest BCUT2D eigenvalue weighted by atomic mass is 16.5. The number of carboxylic acids is 1. The van der Waals surface area contributed by atoms with E-state index in [0.717, 1.165) is 64.3 Å². The molecule has 3 unspecified atom stereocenters. The molecule has 3 heterocycles. The number of benzene rings is 2. The number of carbonyl (C=O) groups is 1. The Morgan fingerprint density at radius 2 is 1.84 bits per heavy atom. The van der Waals surface area contributed by atoms with Gasteiger partial charge in [-0.15, -0.1) is 0 Å². The normalized spacial score (nSPS) is 22.8. The Bertz CT molecular complexity index is 1340. The molecular weight excluding hydrogens is 536 g/mol. The number of aromatic nitrogens is 2. The molecule has 2 aromatic carbocycles. The van der Waals surface area contributed by atoms with E-state index >= 15 is 0 Å². The first-order valence-electron chi connectivity index (χ1n) is 16.4. The summed E-state index contributed by atoms with van der Waals surface area (Å²) in [5.74, 6) is 2.21. The van der Waals surface area contributed by atoms with E-state index in [0.29, 0.717) is 30.3 Å². The molecule has 230 valence electrons. The SMILES string of the molecule is CCOc1ccc(Cn2cc(C3CCN(CC4CN(C(CC5CCC5)C(=O)O)CC4c4cccc(C)c4)CC3)cn2)cc1. The Hall–Kier alpha value is -3.16. The van der Waals surface area contributed by atoms with Crippen LogP contribution in [0.15, 0.2) is 60.9 Å². The molecule has 7 nitrogen and oxygen atoms in total. The summed E-state index contributed by atoms with van der Waals surface area (Å²) in [5, 5.41) is 14.9. The van der Waals surface area contributed by atoms with E-state index in [1.165, 1.54) is 41.5 Å². The topological polar surface area (TPSA) is 70.8 Å². The number of carboxylic acid groups (broad SMARTS) is 1. The summed E-state index contributed by atoms with van der Waals surface area (Å²) in [6.45, 7) is 10.5. The lowest BCUT2D eigenvalue weighted by atomic mass is 9.80. The molecule has 7 heteroatoms. The van der Waals surface area contributed by atoms with Crippen LogP contribution in [-0.2, 0) is 11.3 Å². The smallest absolute Gasteiger partial charge is 0.320 e. The van der Waals surface area contributed by atoms with Crippen molar-refractivity contribution in [1.29, 1.82) is 0 Å². The van der Waals surface area contributed by atoms with E-state index in [1.807, 2.05) is 19.1 Å². The van der Waals surface area contributed by atoms with Crippen molar-refractivity contribution in [2.75, 3.05) is 39.3 Å². The third-order valence-corrected chi connectivity index (χ3v) is 10.2. The van der Waals surface area contributed by atoms with Crippen molar-refractivity contribution in [3.05, 3.63) is 83.2 Å². The predicted octanol–water partition coefficient (Wildman–Crippen LogP) is 6.18. The first-order valence-corrected chi connectivity index (χ1v) is 16.4. The lowest BCUT2D eigenvalue weighted by Crippen LogP contribution is -2.43. The third kappa shape index (κ3) is 7.32. The van der Waals surface area contributed by atoms with Crippen LogP contribution in [0.5, 0.6) is 5.75 Å². The predicted molar refractivity (Wildman–Crippen MR) is 170 cm³/mol. The molecule has 3 aliphatic rings. The molecule has 43 heavy (non-hydrogen) atoms. The molecule has 1 saturated carbocycles. The Balaban J connectivity index is 1.07. The van der Waals surface area contributed by atoms with Gasteiger partial charge >= 0.3 is 5.97 Å². The van der Waals surface area contributed by atoms with Crippen LogP contribution in [0.25, 0.3) is 0 Å². The second-order valence-electron chi connectivity index (χ2n) is 13.2. The maximum Gasteiger partial charge on any atom is 0.320 e. The zero-order valence-electron chi connectivity index (χ0n) is 25.9. The molecule has 3 fully saturated rings. The Morgan fingerprint density at radius 1 is 1.05 bits per heavy atom. The Morgan fingerprint density at radius 3 is 2.51 bits per heavy atom. The number of likely N-dealkylation sites (tertiary alicyclic amines) is 2. The van der Waals surface area contributed by atoms with Crippen LogP contribution < -0.4 is 4.74 Å². The monoisotopic (exact) mass is 584 g/mol. The molecule has 3 atom stereocenters. The van der Waals surface area contributed by atoms with E-state index < -0.39 is 5.97 Å². The number of aliphatic carboxylic acids is 1. The molecule has 0 bridgehead atoms. The quantitative estimate of drug-likeness (QED) is 0.274. The third-order valence-electron chi connectivity index (χ3n) is 10.2. The number of hydrogen-bond acceptors (Lipinski definition) is 5. The second kappa shape index (κ2) is 13.6. The number of aryl methyl sites for hydroxylation is 1. The average molecular weight is 585 g/mol. The molecule has 6 rings (SSSR count). The molecule has 1 aromatic heterocycles. The summed E-state index contributed by atoms with van der Waals surface area (Å²) in [6.07, 6.45) is 11.0. The summed E-state index contributed by atoms with van der Waals surface area (Å²) < 4.78 is 7.63. The van der Waals surface area contributed by atoms with Crippen LogP contribution >= 0.6 is 0 Å². The van der Waals surface area contributed by atoms with Gasteiger partial charge in [0.25, 0.3) is 0 Å². The molecule has 1 aliphatic carbocycles. The molecule has 0 radical (unpaired) electrons. The maximum absolute atomic E-state index is 12.4.